The van der Waals surface area contributed by atoms with Crippen LogP contribution in [0.2, 0.25) is 0 Å². The number of anilines is 1. The molecular weight excluding hydrogens is 574 g/mol. The third-order valence-electron chi connectivity index (χ3n) is 8.05. The number of benzene rings is 3. The first kappa shape index (κ1) is 31.9. The molecule has 0 unspecified atom stereocenters. The highest BCUT2D eigenvalue weighted by molar-refractivity contribution is 5.91. The zero-order chi connectivity index (χ0) is 32.1. The van der Waals surface area contributed by atoms with Crippen molar-refractivity contribution in [3.05, 3.63) is 118 Å². The van der Waals surface area contributed by atoms with Crippen LogP contribution in [0, 0.1) is 12.8 Å². The standard InChI is InChI=1S/C35H39N3O7/c1-22(2)33(40)36-32-23(3)20-38(34(41)37-32)31-19-29(39)30(45-31)21-44-35(24-9-7-6-8-10-24,25-11-15-27(42-4)16-12-25)26-13-17-28(43-5)18-14-26/h6-18,20,22,29-31,39H,19,21H2,1-5H3,(H,36,37,40,41)/t29-,30+,31+/m0/s1. The zero-order valence-electron chi connectivity index (χ0n) is 26.1. The van der Waals surface area contributed by atoms with Crippen LogP contribution < -0.4 is 20.5 Å². The van der Waals surface area contributed by atoms with E-state index in [1.54, 1.807) is 41.2 Å². The van der Waals surface area contributed by atoms with Crippen molar-refractivity contribution in [3.63, 3.8) is 0 Å². The molecule has 5 rings (SSSR count). The number of nitrogens with one attached hydrogen (secondary N) is 1. The average Bonchev–Trinajstić information content (AvgIpc) is 3.43. The molecule has 0 radical (unpaired) electrons. The molecular formula is C35H39N3O7. The van der Waals surface area contributed by atoms with Gasteiger partial charge >= 0.3 is 5.69 Å². The van der Waals surface area contributed by atoms with Crippen molar-refractivity contribution in [2.24, 2.45) is 5.92 Å². The lowest BCUT2D eigenvalue weighted by atomic mass is 9.80. The number of carbonyl (C=O) groups excluding carboxylic acids is 1. The number of nitrogens with zero attached hydrogens (tertiary/aromatic N) is 2. The summed E-state index contributed by atoms with van der Waals surface area (Å²) in [5.41, 5.74) is 1.49. The molecule has 1 fully saturated rings. The molecule has 0 spiro atoms. The van der Waals surface area contributed by atoms with Gasteiger partial charge in [-0.2, -0.15) is 4.98 Å². The fourth-order valence-electron chi connectivity index (χ4n) is 5.48. The summed E-state index contributed by atoms with van der Waals surface area (Å²) < 4.78 is 25.3. The molecule has 1 aliphatic rings. The Bertz CT molecular complexity index is 1610. The number of methoxy groups -OCH3 is 2. The summed E-state index contributed by atoms with van der Waals surface area (Å²) in [6.45, 7) is 5.28. The van der Waals surface area contributed by atoms with E-state index in [4.69, 9.17) is 18.9 Å². The van der Waals surface area contributed by atoms with Crippen LogP contribution in [0.25, 0.3) is 0 Å². The number of aliphatic hydroxyl groups is 1. The number of amides is 1. The topological polar surface area (TPSA) is 121 Å². The van der Waals surface area contributed by atoms with Crippen LogP contribution in [0.1, 0.15) is 48.8 Å². The molecule has 1 saturated heterocycles. The van der Waals surface area contributed by atoms with Gasteiger partial charge in [0.2, 0.25) is 5.91 Å². The van der Waals surface area contributed by atoms with Gasteiger partial charge in [-0.15, -0.1) is 0 Å². The fourth-order valence-corrected chi connectivity index (χ4v) is 5.48. The molecule has 4 aromatic rings. The van der Waals surface area contributed by atoms with Crippen LogP contribution in [0.3, 0.4) is 0 Å². The molecule has 0 bridgehead atoms. The van der Waals surface area contributed by atoms with Crippen molar-refractivity contribution < 1.29 is 28.8 Å². The first-order chi connectivity index (χ1) is 21.7. The second kappa shape index (κ2) is 13.6. The molecule has 10 heteroatoms. The Balaban J connectivity index is 1.47. The van der Waals surface area contributed by atoms with Gasteiger partial charge in [0.05, 0.1) is 26.9 Å². The highest BCUT2D eigenvalue weighted by Crippen LogP contribution is 2.42. The first-order valence-electron chi connectivity index (χ1n) is 14.9. The summed E-state index contributed by atoms with van der Waals surface area (Å²) in [5.74, 6) is 1.12. The van der Waals surface area contributed by atoms with Crippen molar-refractivity contribution in [2.45, 2.75) is 51.2 Å². The molecule has 2 heterocycles. The Morgan fingerprint density at radius 3 is 2.07 bits per heavy atom. The van der Waals surface area contributed by atoms with Crippen LogP contribution in [-0.2, 0) is 19.9 Å². The van der Waals surface area contributed by atoms with Crippen molar-refractivity contribution in [2.75, 3.05) is 26.1 Å². The number of carbonyl (C=O) groups is 1. The molecule has 0 aliphatic carbocycles. The van der Waals surface area contributed by atoms with Gasteiger partial charge in [-0.1, -0.05) is 68.4 Å². The number of aryl methyl sites for hydroxylation is 1. The van der Waals surface area contributed by atoms with Gasteiger partial charge in [0, 0.05) is 24.1 Å². The maximum absolute atomic E-state index is 13.0. The lowest BCUT2D eigenvalue weighted by molar-refractivity contribution is -0.118. The fraction of sp³-hybridized carbons (Fsp3) is 0.343. The summed E-state index contributed by atoms with van der Waals surface area (Å²) in [6.07, 6.45) is -0.675. The van der Waals surface area contributed by atoms with Crippen LogP contribution in [0.4, 0.5) is 5.82 Å². The largest absolute Gasteiger partial charge is 0.497 e. The minimum Gasteiger partial charge on any atom is -0.497 e. The summed E-state index contributed by atoms with van der Waals surface area (Å²) in [7, 11) is 3.23. The number of hydrogen-bond donors (Lipinski definition) is 2. The maximum atomic E-state index is 13.0. The number of rotatable bonds is 11. The monoisotopic (exact) mass is 613 g/mol. The van der Waals surface area contributed by atoms with Crippen molar-refractivity contribution in [1.29, 1.82) is 0 Å². The van der Waals surface area contributed by atoms with Crippen LogP contribution in [0.5, 0.6) is 11.5 Å². The summed E-state index contributed by atoms with van der Waals surface area (Å²) in [6, 6.07) is 25.2. The van der Waals surface area contributed by atoms with E-state index in [1.165, 1.54) is 4.57 Å². The van der Waals surface area contributed by atoms with Gasteiger partial charge in [-0.05, 0) is 47.9 Å². The first-order valence-corrected chi connectivity index (χ1v) is 14.9. The van der Waals surface area contributed by atoms with Crippen molar-refractivity contribution in [1.82, 2.24) is 9.55 Å². The summed E-state index contributed by atoms with van der Waals surface area (Å²) in [5, 5.41) is 13.8. The zero-order valence-corrected chi connectivity index (χ0v) is 26.1. The smallest absolute Gasteiger partial charge is 0.351 e. The molecule has 10 nitrogen and oxygen atoms in total. The molecule has 1 aromatic heterocycles. The number of hydrogen-bond acceptors (Lipinski definition) is 8. The van der Waals surface area contributed by atoms with Gasteiger partial charge in [0.1, 0.15) is 35.2 Å². The van der Waals surface area contributed by atoms with E-state index in [0.29, 0.717) is 17.1 Å². The van der Waals surface area contributed by atoms with Gasteiger partial charge in [0.25, 0.3) is 0 Å². The van der Waals surface area contributed by atoms with E-state index < -0.39 is 29.7 Å². The van der Waals surface area contributed by atoms with E-state index in [-0.39, 0.29) is 30.7 Å². The number of aromatic nitrogens is 2. The Morgan fingerprint density at radius 2 is 1.53 bits per heavy atom. The summed E-state index contributed by atoms with van der Waals surface area (Å²) in [4.78, 5) is 29.3. The third kappa shape index (κ3) is 6.63. The highest BCUT2D eigenvalue weighted by atomic mass is 16.6. The minimum absolute atomic E-state index is 0.00824. The second-order valence-electron chi connectivity index (χ2n) is 11.4. The number of aliphatic hydroxyl groups excluding tert-OH is 1. The Labute approximate surface area is 262 Å². The Hall–Kier alpha value is -4.51. The lowest BCUT2D eigenvalue weighted by Crippen LogP contribution is -2.38. The van der Waals surface area contributed by atoms with Crippen LogP contribution >= 0.6 is 0 Å². The van der Waals surface area contributed by atoms with Crippen LogP contribution in [0.15, 0.2) is 89.9 Å². The van der Waals surface area contributed by atoms with Gasteiger partial charge in [0.15, 0.2) is 0 Å². The predicted octanol–water partition coefficient (Wildman–Crippen LogP) is 4.82. The maximum Gasteiger partial charge on any atom is 0.351 e. The third-order valence-corrected chi connectivity index (χ3v) is 8.05. The van der Waals surface area contributed by atoms with Gasteiger partial charge in [-0.3, -0.25) is 9.36 Å². The summed E-state index contributed by atoms with van der Waals surface area (Å²) >= 11 is 0. The van der Waals surface area contributed by atoms with E-state index in [0.717, 1.165) is 16.7 Å². The minimum atomic E-state index is -1.09. The van der Waals surface area contributed by atoms with Gasteiger partial charge in [-0.25, -0.2) is 4.79 Å². The van der Waals surface area contributed by atoms with Crippen molar-refractivity contribution in [3.8, 4) is 11.5 Å². The molecule has 45 heavy (non-hydrogen) atoms. The second-order valence-corrected chi connectivity index (χ2v) is 11.4. The molecule has 1 amide bonds. The highest BCUT2D eigenvalue weighted by Gasteiger charge is 2.42. The van der Waals surface area contributed by atoms with E-state index in [1.807, 2.05) is 78.9 Å². The van der Waals surface area contributed by atoms with E-state index >= 15 is 0 Å². The molecule has 2 N–H and O–H groups in total. The molecule has 236 valence electrons. The SMILES string of the molecule is COc1ccc(C(OC[C@H]2O[C@@H](n3cc(C)c(NC(=O)C(C)C)nc3=O)C[C@@H]2O)(c2ccccc2)c2ccc(OC)cc2)cc1. The number of ether oxygens (including phenoxy) is 4. The molecule has 1 aliphatic heterocycles. The average molecular weight is 614 g/mol. The van der Waals surface area contributed by atoms with Crippen LogP contribution in [-0.4, -0.2) is 53.6 Å². The van der Waals surface area contributed by atoms with Gasteiger partial charge < -0.3 is 29.4 Å². The molecule has 3 aromatic carbocycles. The lowest BCUT2D eigenvalue weighted by Gasteiger charge is -2.37. The molecule has 0 saturated carbocycles. The quantitative estimate of drug-likeness (QED) is 0.231. The molecule has 3 atom stereocenters. The Kier molecular flexibility index (Phi) is 9.67. The van der Waals surface area contributed by atoms with Crippen molar-refractivity contribution >= 4 is 11.7 Å². The van der Waals surface area contributed by atoms with E-state index in [9.17, 15) is 14.7 Å². The normalized spacial score (nSPS) is 18.2. The Morgan fingerprint density at radius 1 is 0.978 bits per heavy atom. The predicted molar refractivity (Wildman–Crippen MR) is 169 cm³/mol. The van der Waals surface area contributed by atoms with E-state index in [2.05, 4.69) is 10.3 Å².